The Morgan fingerprint density at radius 2 is 2.10 bits per heavy atom. The van der Waals surface area contributed by atoms with Crippen LogP contribution in [0.1, 0.15) is 10.5 Å². The number of aromatic amines is 1. The van der Waals surface area contributed by atoms with Gasteiger partial charge in [-0.05, 0) is 40.2 Å². The third-order valence-corrected chi connectivity index (χ3v) is 3.71. The van der Waals surface area contributed by atoms with Crippen molar-refractivity contribution in [3.05, 3.63) is 52.6 Å². The Morgan fingerprint density at radius 3 is 2.86 bits per heavy atom. The van der Waals surface area contributed by atoms with Crippen LogP contribution in [0.3, 0.4) is 0 Å². The predicted molar refractivity (Wildman–Crippen MR) is 84.7 cm³/mol. The van der Waals surface area contributed by atoms with Gasteiger partial charge in [0, 0.05) is 11.1 Å². The van der Waals surface area contributed by atoms with Crippen molar-refractivity contribution in [3.63, 3.8) is 0 Å². The minimum absolute atomic E-state index is 0.260. The first-order chi connectivity index (χ1) is 10.2. The molecule has 2 N–H and O–H groups in total. The van der Waals surface area contributed by atoms with Crippen molar-refractivity contribution in [1.82, 2.24) is 10.2 Å². The van der Waals surface area contributed by atoms with Crippen LogP contribution in [0.4, 0.5) is 5.69 Å². The van der Waals surface area contributed by atoms with E-state index in [1.807, 2.05) is 24.3 Å². The summed E-state index contributed by atoms with van der Waals surface area (Å²) in [6, 6.07) is 12.8. The molecule has 106 valence electrons. The van der Waals surface area contributed by atoms with E-state index in [1.54, 1.807) is 25.3 Å². The van der Waals surface area contributed by atoms with Crippen molar-refractivity contribution in [3.8, 4) is 5.75 Å². The second kappa shape index (κ2) is 5.57. The number of nitrogens with one attached hydrogen (secondary N) is 2. The number of para-hydroxylation sites is 1. The van der Waals surface area contributed by atoms with E-state index in [0.29, 0.717) is 17.1 Å². The third-order valence-electron chi connectivity index (χ3n) is 3.10. The van der Waals surface area contributed by atoms with Gasteiger partial charge in [-0.2, -0.15) is 5.10 Å². The van der Waals surface area contributed by atoms with E-state index in [1.165, 1.54) is 0 Å². The number of carbonyl (C=O) groups excluding carboxylic acids is 1. The molecule has 3 rings (SSSR count). The summed E-state index contributed by atoms with van der Waals surface area (Å²) in [6.07, 6.45) is 0. The fraction of sp³-hybridized carbons (Fsp3) is 0.0667. The molecule has 0 fully saturated rings. The number of nitrogens with zero attached hydrogens (tertiary/aromatic N) is 1. The molecule has 6 heteroatoms. The van der Waals surface area contributed by atoms with Crippen LogP contribution in [0, 0.1) is 0 Å². The number of aromatic nitrogens is 2. The minimum Gasteiger partial charge on any atom is -0.496 e. The second-order valence-corrected chi connectivity index (χ2v) is 5.28. The second-order valence-electron chi connectivity index (χ2n) is 4.42. The lowest BCUT2D eigenvalue weighted by Gasteiger charge is -2.07. The van der Waals surface area contributed by atoms with Gasteiger partial charge in [-0.1, -0.05) is 18.2 Å². The summed E-state index contributed by atoms with van der Waals surface area (Å²) in [4.78, 5) is 12.3. The quantitative estimate of drug-likeness (QED) is 0.762. The van der Waals surface area contributed by atoms with Crippen LogP contribution in [0.25, 0.3) is 10.9 Å². The number of amides is 1. The number of methoxy groups -OCH3 is 1. The van der Waals surface area contributed by atoms with E-state index in [9.17, 15) is 4.79 Å². The van der Waals surface area contributed by atoms with Gasteiger partial charge in [-0.25, -0.2) is 0 Å². The van der Waals surface area contributed by atoms with Crippen LogP contribution in [0.5, 0.6) is 5.75 Å². The Kier molecular flexibility index (Phi) is 3.62. The molecule has 1 aromatic heterocycles. The zero-order chi connectivity index (χ0) is 14.8. The Hall–Kier alpha value is -2.34. The molecule has 0 aliphatic carbocycles. The summed E-state index contributed by atoms with van der Waals surface area (Å²) in [6.45, 7) is 0. The van der Waals surface area contributed by atoms with Crippen LogP contribution < -0.4 is 10.1 Å². The molecule has 1 amide bonds. The Labute approximate surface area is 129 Å². The Bertz CT molecular complexity index is 814. The fourth-order valence-electron chi connectivity index (χ4n) is 2.07. The summed E-state index contributed by atoms with van der Waals surface area (Å²) in [5, 5.41) is 10.5. The first-order valence-electron chi connectivity index (χ1n) is 6.27. The number of anilines is 1. The first kappa shape index (κ1) is 13.6. The molecule has 0 saturated heterocycles. The van der Waals surface area contributed by atoms with Gasteiger partial charge < -0.3 is 10.1 Å². The van der Waals surface area contributed by atoms with Crippen LogP contribution in [-0.2, 0) is 0 Å². The molecule has 0 spiro atoms. The molecule has 0 aliphatic heterocycles. The number of hydrogen-bond donors (Lipinski definition) is 2. The Balaban J connectivity index is 1.88. The van der Waals surface area contributed by atoms with Gasteiger partial charge in [-0.15, -0.1) is 0 Å². The molecule has 3 aromatic rings. The van der Waals surface area contributed by atoms with Gasteiger partial charge >= 0.3 is 0 Å². The average Bonchev–Trinajstić information content (AvgIpc) is 2.91. The normalized spacial score (nSPS) is 10.6. The lowest BCUT2D eigenvalue weighted by molar-refractivity contribution is 0.102. The average molecular weight is 346 g/mol. The number of halogens is 1. The maximum Gasteiger partial charge on any atom is 0.276 e. The van der Waals surface area contributed by atoms with Gasteiger partial charge in [0.05, 0.1) is 17.1 Å². The SMILES string of the molecule is COc1ccc(NC(=O)c2n[nH]c3ccccc23)cc1Br. The molecule has 0 saturated carbocycles. The lowest BCUT2D eigenvalue weighted by Crippen LogP contribution is -2.12. The van der Waals surface area contributed by atoms with Crippen LogP contribution in [-0.4, -0.2) is 23.2 Å². The van der Waals surface area contributed by atoms with E-state index >= 15 is 0 Å². The molecule has 0 atom stereocenters. The molecule has 5 nitrogen and oxygen atoms in total. The summed E-state index contributed by atoms with van der Waals surface area (Å²) < 4.78 is 5.93. The summed E-state index contributed by atoms with van der Waals surface area (Å²) in [5.41, 5.74) is 1.87. The van der Waals surface area contributed by atoms with Crippen molar-refractivity contribution in [2.45, 2.75) is 0 Å². The third kappa shape index (κ3) is 2.62. The van der Waals surface area contributed by atoms with Gasteiger partial charge in [-0.3, -0.25) is 9.89 Å². The Morgan fingerprint density at radius 1 is 1.29 bits per heavy atom. The lowest BCUT2D eigenvalue weighted by atomic mass is 10.2. The molecule has 1 heterocycles. The van der Waals surface area contributed by atoms with Crippen LogP contribution >= 0.6 is 15.9 Å². The van der Waals surface area contributed by atoms with E-state index in [-0.39, 0.29) is 5.91 Å². The maximum absolute atomic E-state index is 12.3. The van der Waals surface area contributed by atoms with Crippen LogP contribution in [0.15, 0.2) is 46.9 Å². The van der Waals surface area contributed by atoms with Gasteiger partial charge in [0.1, 0.15) is 5.75 Å². The van der Waals surface area contributed by atoms with Gasteiger partial charge in [0.25, 0.3) is 5.91 Å². The molecule has 21 heavy (non-hydrogen) atoms. The number of fused-ring (bicyclic) bond motifs is 1. The summed E-state index contributed by atoms with van der Waals surface area (Å²) >= 11 is 3.39. The molecule has 0 aliphatic rings. The molecule has 0 radical (unpaired) electrons. The molecule has 2 aromatic carbocycles. The van der Waals surface area contributed by atoms with Crippen molar-refractivity contribution >= 4 is 38.4 Å². The highest BCUT2D eigenvalue weighted by Gasteiger charge is 2.14. The van der Waals surface area contributed by atoms with Gasteiger partial charge in [0.2, 0.25) is 0 Å². The monoisotopic (exact) mass is 345 g/mol. The number of ether oxygens (including phenoxy) is 1. The highest BCUT2D eigenvalue weighted by atomic mass is 79.9. The zero-order valence-electron chi connectivity index (χ0n) is 11.2. The van der Waals surface area contributed by atoms with Crippen molar-refractivity contribution in [1.29, 1.82) is 0 Å². The van der Waals surface area contributed by atoms with Crippen LogP contribution in [0.2, 0.25) is 0 Å². The smallest absolute Gasteiger partial charge is 0.276 e. The van der Waals surface area contributed by atoms with E-state index in [0.717, 1.165) is 15.4 Å². The fourth-order valence-corrected chi connectivity index (χ4v) is 2.61. The molecular formula is C15H12BrN3O2. The topological polar surface area (TPSA) is 67.0 Å². The molecule has 0 unspecified atom stereocenters. The zero-order valence-corrected chi connectivity index (χ0v) is 12.8. The number of carbonyl (C=O) groups is 1. The largest absolute Gasteiger partial charge is 0.496 e. The number of hydrogen-bond acceptors (Lipinski definition) is 3. The van der Waals surface area contributed by atoms with E-state index in [4.69, 9.17) is 4.74 Å². The number of benzene rings is 2. The van der Waals surface area contributed by atoms with Crippen molar-refractivity contribution in [2.75, 3.05) is 12.4 Å². The van der Waals surface area contributed by atoms with E-state index < -0.39 is 0 Å². The predicted octanol–water partition coefficient (Wildman–Crippen LogP) is 3.59. The standard InChI is InChI=1S/C15H12BrN3O2/c1-21-13-7-6-9(8-11(13)16)17-15(20)14-10-4-2-3-5-12(10)18-19-14/h2-8H,1H3,(H,17,20)(H,18,19). The highest BCUT2D eigenvalue weighted by Crippen LogP contribution is 2.28. The number of H-pyrrole nitrogens is 1. The minimum atomic E-state index is -0.260. The first-order valence-corrected chi connectivity index (χ1v) is 7.06. The van der Waals surface area contributed by atoms with E-state index in [2.05, 4.69) is 31.4 Å². The molecular weight excluding hydrogens is 334 g/mol. The molecule has 0 bridgehead atoms. The summed E-state index contributed by atoms with van der Waals surface area (Å²) in [5.74, 6) is 0.447. The van der Waals surface area contributed by atoms with Crippen molar-refractivity contribution in [2.24, 2.45) is 0 Å². The highest BCUT2D eigenvalue weighted by molar-refractivity contribution is 9.10. The van der Waals surface area contributed by atoms with Crippen molar-refractivity contribution < 1.29 is 9.53 Å². The van der Waals surface area contributed by atoms with Gasteiger partial charge in [0.15, 0.2) is 5.69 Å². The maximum atomic E-state index is 12.3. The summed E-state index contributed by atoms with van der Waals surface area (Å²) in [7, 11) is 1.59. The number of rotatable bonds is 3.